The molecule has 1 atom stereocenters. The van der Waals surface area contributed by atoms with E-state index in [4.69, 9.17) is 0 Å². The van der Waals surface area contributed by atoms with E-state index in [-0.39, 0.29) is 0 Å². The molecular formula is C13H30N2. The molecule has 0 aliphatic heterocycles. The maximum absolute atomic E-state index is 3.65. The molecule has 92 valence electrons. The minimum absolute atomic E-state index is 0.732. The molecule has 1 unspecified atom stereocenters. The molecule has 0 spiro atoms. The van der Waals surface area contributed by atoms with Crippen LogP contribution in [-0.4, -0.2) is 37.1 Å². The SMILES string of the molecule is CCCNC(CCC)CCN(CC)CC. The van der Waals surface area contributed by atoms with Crippen LogP contribution in [0.3, 0.4) is 0 Å². The van der Waals surface area contributed by atoms with E-state index in [1.807, 2.05) is 0 Å². The van der Waals surface area contributed by atoms with Gasteiger partial charge in [0.1, 0.15) is 0 Å². The molecular weight excluding hydrogens is 184 g/mol. The van der Waals surface area contributed by atoms with E-state index in [0.717, 1.165) is 6.04 Å². The van der Waals surface area contributed by atoms with Crippen LogP contribution in [0.4, 0.5) is 0 Å². The zero-order valence-corrected chi connectivity index (χ0v) is 11.2. The van der Waals surface area contributed by atoms with Crippen LogP contribution < -0.4 is 5.32 Å². The van der Waals surface area contributed by atoms with Crippen LogP contribution in [0.5, 0.6) is 0 Å². The van der Waals surface area contributed by atoms with Gasteiger partial charge in [-0.1, -0.05) is 34.1 Å². The fourth-order valence-corrected chi connectivity index (χ4v) is 1.92. The predicted octanol–water partition coefficient (Wildman–Crippen LogP) is 2.89. The van der Waals surface area contributed by atoms with Gasteiger partial charge in [-0.25, -0.2) is 0 Å². The molecule has 0 saturated heterocycles. The Morgan fingerprint density at radius 3 is 2.07 bits per heavy atom. The van der Waals surface area contributed by atoms with E-state index in [1.54, 1.807) is 0 Å². The summed E-state index contributed by atoms with van der Waals surface area (Å²) in [6.07, 6.45) is 5.15. The zero-order chi connectivity index (χ0) is 11.5. The largest absolute Gasteiger partial charge is 0.314 e. The summed E-state index contributed by atoms with van der Waals surface area (Å²) in [5.74, 6) is 0. The molecule has 0 aromatic rings. The van der Waals surface area contributed by atoms with E-state index in [1.165, 1.54) is 51.9 Å². The van der Waals surface area contributed by atoms with Crippen molar-refractivity contribution in [3.8, 4) is 0 Å². The topological polar surface area (TPSA) is 15.3 Å². The normalized spacial score (nSPS) is 13.4. The molecule has 0 bridgehead atoms. The monoisotopic (exact) mass is 214 g/mol. The number of hydrogen-bond acceptors (Lipinski definition) is 2. The third kappa shape index (κ3) is 7.80. The Bertz CT molecular complexity index is 122. The van der Waals surface area contributed by atoms with Crippen molar-refractivity contribution >= 4 is 0 Å². The van der Waals surface area contributed by atoms with Crippen molar-refractivity contribution in [2.24, 2.45) is 0 Å². The van der Waals surface area contributed by atoms with Crippen molar-refractivity contribution in [3.05, 3.63) is 0 Å². The van der Waals surface area contributed by atoms with Crippen LogP contribution in [0.2, 0.25) is 0 Å². The van der Waals surface area contributed by atoms with Crippen molar-refractivity contribution in [2.75, 3.05) is 26.2 Å². The lowest BCUT2D eigenvalue weighted by Crippen LogP contribution is -2.34. The molecule has 0 heterocycles. The highest BCUT2D eigenvalue weighted by Gasteiger charge is 2.08. The molecule has 1 N–H and O–H groups in total. The Morgan fingerprint density at radius 1 is 0.933 bits per heavy atom. The summed E-state index contributed by atoms with van der Waals surface area (Å²) in [5, 5.41) is 3.65. The number of nitrogens with zero attached hydrogens (tertiary/aromatic N) is 1. The number of nitrogens with one attached hydrogen (secondary N) is 1. The molecule has 0 aliphatic rings. The summed E-state index contributed by atoms with van der Waals surface area (Å²) in [4.78, 5) is 2.51. The van der Waals surface area contributed by atoms with Gasteiger partial charge < -0.3 is 10.2 Å². The number of hydrogen-bond donors (Lipinski definition) is 1. The van der Waals surface area contributed by atoms with Crippen molar-refractivity contribution < 1.29 is 0 Å². The van der Waals surface area contributed by atoms with Gasteiger partial charge in [0.25, 0.3) is 0 Å². The Kier molecular flexibility index (Phi) is 10.4. The van der Waals surface area contributed by atoms with Gasteiger partial charge in [0.05, 0.1) is 0 Å². The minimum Gasteiger partial charge on any atom is -0.314 e. The molecule has 0 fully saturated rings. The van der Waals surface area contributed by atoms with Gasteiger partial charge in [0.2, 0.25) is 0 Å². The van der Waals surface area contributed by atoms with Crippen molar-refractivity contribution in [1.29, 1.82) is 0 Å². The standard InChI is InChI=1S/C13H30N2/c1-5-9-13(14-11-6-2)10-12-15(7-3)8-4/h13-14H,5-12H2,1-4H3. The summed E-state index contributed by atoms with van der Waals surface area (Å²) in [7, 11) is 0. The Hall–Kier alpha value is -0.0800. The first-order valence-electron chi connectivity index (χ1n) is 6.74. The summed E-state index contributed by atoms with van der Waals surface area (Å²) >= 11 is 0. The number of rotatable bonds is 10. The minimum atomic E-state index is 0.732. The van der Waals surface area contributed by atoms with Crippen LogP contribution in [0, 0.1) is 0 Å². The Morgan fingerprint density at radius 2 is 1.60 bits per heavy atom. The summed E-state index contributed by atoms with van der Waals surface area (Å²) in [6.45, 7) is 13.8. The molecule has 0 aliphatic carbocycles. The summed E-state index contributed by atoms with van der Waals surface area (Å²) in [5.41, 5.74) is 0. The maximum atomic E-state index is 3.65. The van der Waals surface area contributed by atoms with Crippen molar-refractivity contribution in [2.45, 2.75) is 59.4 Å². The zero-order valence-electron chi connectivity index (χ0n) is 11.2. The summed E-state index contributed by atoms with van der Waals surface area (Å²) in [6, 6.07) is 0.732. The summed E-state index contributed by atoms with van der Waals surface area (Å²) < 4.78 is 0. The lowest BCUT2D eigenvalue weighted by atomic mass is 10.1. The Labute approximate surface area is 96.4 Å². The molecule has 2 heteroatoms. The quantitative estimate of drug-likeness (QED) is 0.601. The van der Waals surface area contributed by atoms with Gasteiger partial charge >= 0.3 is 0 Å². The highest BCUT2D eigenvalue weighted by Crippen LogP contribution is 2.03. The lowest BCUT2D eigenvalue weighted by Gasteiger charge is -2.23. The van der Waals surface area contributed by atoms with E-state index >= 15 is 0 Å². The second-order valence-electron chi connectivity index (χ2n) is 4.26. The average molecular weight is 214 g/mol. The predicted molar refractivity (Wildman–Crippen MR) is 69.4 cm³/mol. The van der Waals surface area contributed by atoms with Crippen LogP contribution in [-0.2, 0) is 0 Å². The van der Waals surface area contributed by atoms with E-state index in [2.05, 4.69) is 37.9 Å². The van der Waals surface area contributed by atoms with E-state index < -0.39 is 0 Å². The molecule has 15 heavy (non-hydrogen) atoms. The van der Waals surface area contributed by atoms with Crippen LogP contribution in [0.15, 0.2) is 0 Å². The first-order valence-corrected chi connectivity index (χ1v) is 6.74. The van der Waals surface area contributed by atoms with Crippen molar-refractivity contribution in [1.82, 2.24) is 10.2 Å². The van der Waals surface area contributed by atoms with Gasteiger partial charge in [-0.15, -0.1) is 0 Å². The van der Waals surface area contributed by atoms with Crippen LogP contribution >= 0.6 is 0 Å². The van der Waals surface area contributed by atoms with Gasteiger partial charge in [-0.3, -0.25) is 0 Å². The van der Waals surface area contributed by atoms with E-state index in [0.29, 0.717) is 0 Å². The smallest absolute Gasteiger partial charge is 0.00791 e. The maximum Gasteiger partial charge on any atom is 0.00791 e. The van der Waals surface area contributed by atoms with Gasteiger partial charge in [0, 0.05) is 6.04 Å². The molecule has 0 amide bonds. The third-order valence-electron chi connectivity index (χ3n) is 3.01. The highest BCUT2D eigenvalue weighted by atomic mass is 15.1. The highest BCUT2D eigenvalue weighted by molar-refractivity contribution is 4.68. The average Bonchev–Trinajstić information content (AvgIpc) is 2.27. The van der Waals surface area contributed by atoms with Crippen LogP contribution in [0.25, 0.3) is 0 Å². The molecule has 0 rings (SSSR count). The second-order valence-corrected chi connectivity index (χ2v) is 4.26. The fourth-order valence-electron chi connectivity index (χ4n) is 1.92. The fraction of sp³-hybridized carbons (Fsp3) is 1.00. The molecule has 0 aromatic carbocycles. The first-order chi connectivity index (χ1) is 7.28. The van der Waals surface area contributed by atoms with Gasteiger partial charge in [-0.2, -0.15) is 0 Å². The van der Waals surface area contributed by atoms with Crippen molar-refractivity contribution in [3.63, 3.8) is 0 Å². The Balaban J connectivity index is 3.72. The molecule has 0 saturated carbocycles. The van der Waals surface area contributed by atoms with Crippen LogP contribution in [0.1, 0.15) is 53.4 Å². The molecule has 0 aromatic heterocycles. The first kappa shape index (κ1) is 14.9. The van der Waals surface area contributed by atoms with E-state index in [9.17, 15) is 0 Å². The lowest BCUT2D eigenvalue weighted by molar-refractivity contribution is 0.277. The molecule has 2 nitrogen and oxygen atoms in total. The van der Waals surface area contributed by atoms with Gasteiger partial charge in [0.15, 0.2) is 0 Å². The molecule has 0 radical (unpaired) electrons. The second kappa shape index (κ2) is 10.4. The van der Waals surface area contributed by atoms with Gasteiger partial charge in [-0.05, 0) is 45.4 Å². The third-order valence-corrected chi connectivity index (χ3v) is 3.01.